The van der Waals surface area contributed by atoms with Crippen molar-refractivity contribution in [1.29, 1.82) is 15.8 Å². The normalized spacial score (nSPS) is 9.56. The zero-order chi connectivity index (χ0) is 19.2. The van der Waals surface area contributed by atoms with Crippen LogP contribution in [0.15, 0.2) is 64.3 Å². The van der Waals surface area contributed by atoms with Crippen LogP contribution in [0.25, 0.3) is 22.8 Å². The second-order valence-electron chi connectivity index (χ2n) is 5.55. The van der Waals surface area contributed by atoms with Crippen molar-refractivity contribution < 1.29 is 4.52 Å². The molecule has 128 valence electrons. The van der Waals surface area contributed by atoms with Crippen LogP contribution >= 0.6 is 0 Å². The van der Waals surface area contributed by atoms with E-state index in [0.717, 1.165) is 11.1 Å². The molecular formula is C20H12N6O. The Kier molecular flexibility index (Phi) is 4.93. The van der Waals surface area contributed by atoms with Crippen molar-refractivity contribution in [3.8, 4) is 41.0 Å². The van der Waals surface area contributed by atoms with Crippen molar-refractivity contribution in [2.75, 3.05) is 5.32 Å². The fourth-order valence-electron chi connectivity index (χ4n) is 2.35. The van der Waals surface area contributed by atoms with Gasteiger partial charge in [-0.15, -0.1) is 0 Å². The topological polar surface area (TPSA) is 122 Å². The molecule has 0 radical (unpaired) electrons. The molecule has 0 atom stereocenters. The molecule has 0 bridgehead atoms. The predicted molar refractivity (Wildman–Crippen MR) is 97.4 cm³/mol. The van der Waals surface area contributed by atoms with Crippen molar-refractivity contribution >= 4 is 5.69 Å². The number of hydrogen-bond acceptors (Lipinski definition) is 7. The highest BCUT2D eigenvalue weighted by molar-refractivity contribution is 5.76. The Morgan fingerprint density at radius 1 is 0.963 bits per heavy atom. The average Bonchev–Trinajstić information content (AvgIpc) is 3.19. The molecule has 0 aliphatic heterocycles. The maximum Gasteiger partial charge on any atom is 0.260 e. The highest BCUT2D eigenvalue weighted by Gasteiger charge is 2.15. The van der Waals surface area contributed by atoms with Crippen LogP contribution in [0.4, 0.5) is 5.69 Å². The van der Waals surface area contributed by atoms with Gasteiger partial charge in [0, 0.05) is 5.56 Å². The van der Waals surface area contributed by atoms with Gasteiger partial charge in [0.15, 0.2) is 5.57 Å². The number of aryl methyl sites for hydroxylation is 1. The second-order valence-corrected chi connectivity index (χ2v) is 5.55. The zero-order valence-electron chi connectivity index (χ0n) is 14.3. The molecule has 27 heavy (non-hydrogen) atoms. The summed E-state index contributed by atoms with van der Waals surface area (Å²) in [5, 5.41) is 34.0. The van der Waals surface area contributed by atoms with Gasteiger partial charge >= 0.3 is 0 Å². The molecule has 0 saturated carbocycles. The molecule has 0 fully saturated rings. The van der Waals surface area contributed by atoms with Crippen LogP contribution in [-0.2, 0) is 0 Å². The van der Waals surface area contributed by atoms with Gasteiger partial charge in [0.2, 0.25) is 5.82 Å². The summed E-state index contributed by atoms with van der Waals surface area (Å²) in [5.41, 5.74) is 2.50. The first-order valence-corrected chi connectivity index (χ1v) is 7.88. The largest absolute Gasteiger partial charge is 0.344 e. The van der Waals surface area contributed by atoms with E-state index < -0.39 is 0 Å². The molecule has 1 aromatic heterocycles. The van der Waals surface area contributed by atoms with Crippen LogP contribution in [0.5, 0.6) is 0 Å². The number of nitrogens with zero attached hydrogens (tertiary/aromatic N) is 5. The van der Waals surface area contributed by atoms with E-state index >= 15 is 0 Å². The van der Waals surface area contributed by atoms with Crippen molar-refractivity contribution in [1.82, 2.24) is 10.1 Å². The van der Waals surface area contributed by atoms with Crippen LogP contribution in [-0.4, -0.2) is 10.1 Å². The monoisotopic (exact) mass is 352 g/mol. The number of para-hydroxylation sites is 1. The molecule has 0 amide bonds. The zero-order valence-corrected chi connectivity index (χ0v) is 14.3. The van der Waals surface area contributed by atoms with E-state index in [1.807, 2.05) is 37.3 Å². The van der Waals surface area contributed by atoms with Crippen molar-refractivity contribution in [2.24, 2.45) is 0 Å². The van der Waals surface area contributed by atoms with Gasteiger partial charge < -0.3 is 9.84 Å². The summed E-state index contributed by atoms with van der Waals surface area (Å²) in [6, 6.07) is 19.9. The first kappa shape index (κ1) is 17.4. The molecular weight excluding hydrogens is 340 g/mol. The van der Waals surface area contributed by atoms with E-state index in [1.165, 1.54) is 0 Å². The first-order valence-electron chi connectivity index (χ1n) is 7.88. The highest BCUT2D eigenvalue weighted by atomic mass is 16.5. The third kappa shape index (κ3) is 3.66. The van der Waals surface area contributed by atoms with Crippen molar-refractivity contribution in [3.05, 3.63) is 65.4 Å². The molecule has 7 heteroatoms. The fourth-order valence-corrected chi connectivity index (χ4v) is 2.35. The molecule has 1 heterocycles. The lowest BCUT2D eigenvalue weighted by molar-refractivity contribution is 0.432. The number of anilines is 1. The third-order valence-corrected chi connectivity index (χ3v) is 3.74. The molecule has 0 aliphatic rings. The minimum atomic E-state index is -0.307. The summed E-state index contributed by atoms with van der Waals surface area (Å²) in [7, 11) is 0. The van der Waals surface area contributed by atoms with Crippen LogP contribution in [0.2, 0.25) is 0 Å². The van der Waals surface area contributed by atoms with Crippen LogP contribution in [0.1, 0.15) is 5.56 Å². The Morgan fingerprint density at radius 3 is 2.33 bits per heavy atom. The SMILES string of the molecule is Cc1ccc(-c2noc(-c3ccccc3NC(C#N)=C(C#N)C#N)n2)cc1. The number of allylic oxidation sites excluding steroid dienone is 2. The quantitative estimate of drug-likeness (QED) is 0.705. The van der Waals surface area contributed by atoms with Crippen molar-refractivity contribution in [3.63, 3.8) is 0 Å². The van der Waals surface area contributed by atoms with Crippen LogP contribution in [0, 0.1) is 40.9 Å². The van der Waals surface area contributed by atoms with Gasteiger partial charge in [-0.2, -0.15) is 20.8 Å². The molecule has 0 aliphatic carbocycles. The lowest BCUT2D eigenvalue weighted by Gasteiger charge is -2.08. The summed E-state index contributed by atoms with van der Waals surface area (Å²) in [5.74, 6) is 0.687. The minimum absolute atomic E-state index is 0.147. The maximum absolute atomic E-state index is 9.23. The van der Waals surface area contributed by atoms with E-state index in [0.29, 0.717) is 17.1 Å². The molecule has 7 nitrogen and oxygen atoms in total. The summed E-state index contributed by atoms with van der Waals surface area (Å²) in [4.78, 5) is 4.41. The van der Waals surface area contributed by atoms with Crippen molar-refractivity contribution in [2.45, 2.75) is 6.92 Å². The molecule has 1 N–H and O–H groups in total. The summed E-state index contributed by atoms with van der Waals surface area (Å²) < 4.78 is 5.37. The molecule has 0 spiro atoms. The van der Waals surface area contributed by atoms with Gasteiger partial charge in [0.1, 0.15) is 23.9 Å². The molecule has 3 aromatic rings. The van der Waals surface area contributed by atoms with Gasteiger partial charge in [-0.1, -0.05) is 47.1 Å². The standard InChI is InChI=1S/C20H12N6O/c1-13-6-8-14(9-7-13)19-25-20(27-26-19)16-4-2-3-5-17(16)24-18(12-23)15(10-21)11-22/h2-9,24H,1H3. The van der Waals surface area contributed by atoms with Gasteiger partial charge in [-0.25, -0.2) is 0 Å². The maximum atomic E-state index is 9.23. The number of hydrogen-bond donors (Lipinski definition) is 1. The Balaban J connectivity index is 1.99. The second kappa shape index (κ2) is 7.65. The molecule has 0 saturated heterocycles. The molecule has 2 aromatic carbocycles. The van der Waals surface area contributed by atoms with E-state index in [2.05, 4.69) is 15.5 Å². The summed E-state index contributed by atoms with van der Waals surface area (Å²) in [6.45, 7) is 1.99. The lowest BCUT2D eigenvalue weighted by atomic mass is 10.1. The number of aromatic nitrogens is 2. The van der Waals surface area contributed by atoms with E-state index in [4.69, 9.17) is 15.0 Å². The Morgan fingerprint density at radius 2 is 1.67 bits per heavy atom. The molecule has 0 unspecified atom stereocenters. The summed E-state index contributed by atoms with van der Waals surface area (Å²) in [6.07, 6.45) is 0. The Labute approximate surface area is 155 Å². The van der Waals surface area contributed by atoms with Gasteiger partial charge in [-0.05, 0) is 19.1 Å². The van der Waals surface area contributed by atoms with Gasteiger partial charge in [-0.3, -0.25) is 0 Å². The smallest absolute Gasteiger partial charge is 0.260 e. The first-order chi connectivity index (χ1) is 13.2. The van der Waals surface area contributed by atoms with Crippen LogP contribution < -0.4 is 5.32 Å². The number of nitriles is 3. The van der Waals surface area contributed by atoms with E-state index in [9.17, 15) is 5.26 Å². The van der Waals surface area contributed by atoms with Gasteiger partial charge in [0.25, 0.3) is 5.89 Å². The Bertz CT molecular complexity index is 1120. The highest BCUT2D eigenvalue weighted by Crippen LogP contribution is 2.29. The fraction of sp³-hybridized carbons (Fsp3) is 0.0500. The number of rotatable bonds is 4. The lowest BCUT2D eigenvalue weighted by Crippen LogP contribution is -2.02. The van der Waals surface area contributed by atoms with E-state index in [-0.39, 0.29) is 17.2 Å². The number of benzene rings is 2. The summed E-state index contributed by atoms with van der Waals surface area (Å²) >= 11 is 0. The average molecular weight is 352 g/mol. The number of nitrogens with one attached hydrogen (secondary N) is 1. The minimum Gasteiger partial charge on any atom is -0.344 e. The Hall–Kier alpha value is -4.41. The van der Waals surface area contributed by atoms with Gasteiger partial charge in [0.05, 0.1) is 11.3 Å². The molecule has 3 rings (SSSR count). The van der Waals surface area contributed by atoms with E-state index in [1.54, 1.807) is 36.4 Å². The van der Waals surface area contributed by atoms with Crippen LogP contribution in [0.3, 0.4) is 0 Å². The third-order valence-electron chi connectivity index (χ3n) is 3.74. The predicted octanol–water partition coefficient (Wildman–Crippen LogP) is 3.95.